The lowest BCUT2D eigenvalue weighted by atomic mass is 10.0. The molecule has 0 aromatic carbocycles. The van der Waals surface area contributed by atoms with Gasteiger partial charge >= 0.3 is 0 Å². The second-order valence-corrected chi connectivity index (χ2v) is 5.79. The molecule has 1 rings (SSSR count). The van der Waals surface area contributed by atoms with Gasteiger partial charge in [0, 0.05) is 12.1 Å². The smallest absolute Gasteiger partial charge is 0.122 e. The van der Waals surface area contributed by atoms with Crippen LogP contribution in [-0.4, -0.2) is 23.5 Å². The van der Waals surface area contributed by atoms with Gasteiger partial charge in [-0.25, -0.2) is 0 Å². The molecule has 2 N–H and O–H groups in total. The number of aryl methyl sites for hydroxylation is 1. The van der Waals surface area contributed by atoms with Crippen LogP contribution in [0, 0.1) is 6.92 Å². The van der Waals surface area contributed by atoms with Gasteiger partial charge < -0.3 is 10.2 Å². The minimum atomic E-state index is 0.0644. The average Bonchev–Trinajstić information content (AvgIpc) is 2.73. The second kappa shape index (κ2) is 7.71. The summed E-state index contributed by atoms with van der Waals surface area (Å²) in [7, 11) is 0. The van der Waals surface area contributed by atoms with Gasteiger partial charge in [-0.05, 0) is 52.8 Å². The number of rotatable bonds is 8. The molecule has 0 fully saturated rings. The first-order valence-electron chi connectivity index (χ1n) is 7.55. The van der Waals surface area contributed by atoms with E-state index in [0.29, 0.717) is 6.04 Å². The van der Waals surface area contributed by atoms with Crippen LogP contribution in [0.15, 0.2) is 16.5 Å². The Labute approximate surface area is 118 Å². The van der Waals surface area contributed by atoms with E-state index in [1.807, 2.05) is 13.0 Å². The molecule has 3 nitrogen and oxygen atoms in total. The summed E-state index contributed by atoms with van der Waals surface area (Å²) < 4.78 is 5.82. The molecule has 0 bridgehead atoms. The van der Waals surface area contributed by atoms with Crippen LogP contribution >= 0.6 is 0 Å². The predicted octanol–water partition coefficient (Wildman–Crippen LogP) is 3.88. The van der Waals surface area contributed by atoms with E-state index in [0.717, 1.165) is 18.1 Å². The van der Waals surface area contributed by atoms with E-state index < -0.39 is 0 Å². The van der Waals surface area contributed by atoms with E-state index in [9.17, 15) is 0 Å². The van der Waals surface area contributed by atoms with E-state index in [-0.39, 0.29) is 12.1 Å². The zero-order valence-corrected chi connectivity index (χ0v) is 13.1. The number of nitrogens with two attached hydrogens (primary N) is 1. The van der Waals surface area contributed by atoms with Crippen LogP contribution in [-0.2, 0) is 0 Å². The predicted molar refractivity (Wildman–Crippen MR) is 81.2 cm³/mol. The molecule has 0 aliphatic carbocycles. The molecule has 2 atom stereocenters. The summed E-state index contributed by atoms with van der Waals surface area (Å²) in [6, 6.07) is 4.80. The Morgan fingerprint density at radius 3 is 2.32 bits per heavy atom. The molecule has 110 valence electrons. The minimum absolute atomic E-state index is 0.0644. The van der Waals surface area contributed by atoms with E-state index >= 15 is 0 Å². The van der Waals surface area contributed by atoms with Crippen molar-refractivity contribution in [2.45, 2.75) is 72.0 Å². The third kappa shape index (κ3) is 4.66. The third-order valence-electron chi connectivity index (χ3n) is 3.59. The quantitative estimate of drug-likeness (QED) is 0.726. The fourth-order valence-electron chi connectivity index (χ4n) is 2.60. The van der Waals surface area contributed by atoms with Crippen LogP contribution < -0.4 is 5.73 Å². The van der Waals surface area contributed by atoms with Crippen molar-refractivity contribution >= 4 is 0 Å². The van der Waals surface area contributed by atoms with Gasteiger partial charge in [-0.3, -0.25) is 4.90 Å². The minimum Gasteiger partial charge on any atom is -0.465 e. The average molecular weight is 266 g/mol. The summed E-state index contributed by atoms with van der Waals surface area (Å²) in [5.74, 6) is 1.95. The number of hydrogen-bond donors (Lipinski definition) is 1. The Balaban J connectivity index is 2.86. The van der Waals surface area contributed by atoms with Crippen molar-refractivity contribution in [1.82, 2.24) is 4.90 Å². The Morgan fingerprint density at radius 1 is 1.21 bits per heavy atom. The fourth-order valence-corrected chi connectivity index (χ4v) is 2.60. The van der Waals surface area contributed by atoms with Crippen LogP contribution in [0.25, 0.3) is 0 Å². The van der Waals surface area contributed by atoms with Gasteiger partial charge in [-0.15, -0.1) is 0 Å². The molecular formula is C16H30N2O. The van der Waals surface area contributed by atoms with Crippen LogP contribution in [0.4, 0.5) is 0 Å². The SMILES string of the molecule is CCCCCN(C(C)C)C(c1ccc(C)o1)C(C)N. The second-order valence-electron chi connectivity index (χ2n) is 5.79. The first kappa shape index (κ1) is 16.3. The highest BCUT2D eigenvalue weighted by Gasteiger charge is 2.28. The lowest BCUT2D eigenvalue weighted by Crippen LogP contribution is -2.43. The van der Waals surface area contributed by atoms with Gasteiger partial charge in [0.05, 0.1) is 6.04 Å². The molecule has 2 unspecified atom stereocenters. The van der Waals surface area contributed by atoms with E-state index in [1.165, 1.54) is 19.3 Å². The van der Waals surface area contributed by atoms with Crippen molar-refractivity contribution in [3.63, 3.8) is 0 Å². The van der Waals surface area contributed by atoms with Crippen LogP contribution in [0.2, 0.25) is 0 Å². The highest BCUT2D eigenvalue weighted by molar-refractivity contribution is 5.12. The van der Waals surface area contributed by atoms with Crippen molar-refractivity contribution in [3.05, 3.63) is 23.7 Å². The molecule has 0 aliphatic rings. The molecule has 0 saturated carbocycles. The van der Waals surface area contributed by atoms with Crippen LogP contribution in [0.1, 0.15) is 64.5 Å². The van der Waals surface area contributed by atoms with Gasteiger partial charge in [0.25, 0.3) is 0 Å². The fraction of sp³-hybridized carbons (Fsp3) is 0.750. The zero-order valence-electron chi connectivity index (χ0n) is 13.1. The van der Waals surface area contributed by atoms with Crippen LogP contribution in [0.3, 0.4) is 0 Å². The standard InChI is InChI=1S/C16H30N2O/c1-6-7-8-11-18(12(2)3)16(14(5)17)15-10-9-13(4)19-15/h9-10,12,14,16H,6-8,11,17H2,1-5H3. The Hall–Kier alpha value is -0.800. The summed E-state index contributed by atoms with van der Waals surface area (Å²) in [5, 5.41) is 0. The topological polar surface area (TPSA) is 42.4 Å². The number of unbranched alkanes of at least 4 members (excludes halogenated alkanes) is 2. The highest BCUT2D eigenvalue weighted by atomic mass is 16.3. The van der Waals surface area contributed by atoms with Crippen molar-refractivity contribution in [2.75, 3.05) is 6.54 Å². The van der Waals surface area contributed by atoms with Crippen molar-refractivity contribution in [2.24, 2.45) is 5.73 Å². The van der Waals surface area contributed by atoms with Crippen LogP contribution in [0.5, 0.6) is 0 Å². The summed E-state index contributed by atoms with van der Waals surface area (Å²) in [5.41, 5.74) is 6.22. The largest absolute Gasteiger partial charge is 0.465 e. The van der Waals surface area contributed by atoms with E-state index in [1.54, 1.807) is 0 Å². The molecular weight excluding hydrogens is 236 g/mol. The van der Waals surface area contributed by atoms with Gasteiger partial charge in [-0.2, -0.15) is 0 Å². The normalized spacial score (nSPS) is 15.2. The number of hydrogen-bond acceptors (Lipinski definition) is 3. The lowest BCUT2D eigenvalue weighted by Gasteiger charge is -2.36. The van der Waals surface area contributed by atoms with Gasteiger partial charge in [0.15, 0.2) is 0 Å². The molecule has 3 heteroatoms. The molecule has 1 aromatic rings. The first-order valence-corrected chi connectivity index (χ1v) is 7.55. The van der Waals surface area contributed by atoms with E-state index in [4.69, 9.17) is 10.2 Å². The number of nitrogens with zero attached hydrogens (tertiary/aromatic N) is 1. The van der Waals surface area contributed by atoms with Crippen molar-refractivity contribution < 1.29 is 4.42 Å². The molecule has 0 saturated heterocycles. The first-order chi connectivity index (χ1) is 8.97. The number of furan rings is 1. The Bertz CT molecular complexity index is 357. The van der Waals surface area contributed by atoms with Gasteiger partial charge in [-0.1, -0.05) is 19.8 Å². The lowest BCUT2D eigenvalue weighted by molar-refractivity contribution is 0.115. The summed E-state index contributed by atoms with van der Waals surface area (Å²) in [4.78, 5) is 2.47. The van der Waals surface area contributed by atoms with Crippen molar-refractivity contribution in [3.8, 4) is 0 Å². The summed E-state index contributed by atoms with van der Waals surface area (Å²) >= 11 is 0. The zero-order chi connectivity index (χ0) is 14.4. The molecule has 0 aliphatic heterocycles. The maximum Gasteiger partial charge on any atom is 0.122 e. The molecule has 0 radical (unpaired) electrons. The van der Waals surface area contributed by atoms with Gasteiger partial charge in [0.1, 0.15) is 11.5 Å². The maximum atomic E-state index is 6.22. The Morgan fingerprint density at radius 2 is 1.89 bits per heavy atom. The maximum absolute atomic E-state index is 6.22. The van der Waals surface area contributed by atoms with E-state index in [2.05, 4.69) is 38.7 Å². The van der Waals surface area contributed by atoms with Gasteiger partial charge in [0.2, 0.25) is 0 Å². The monoisotopic (exact) mass is 266 g/mol. The molecule has 19 heavy (non-hydrogen) atoms. The molecule has 0 spiro atoms. The molecule has 0 amide bonds. The molecule has 1 heterocycles. The highest BCUT2D eigenvalue weighted by Crippen LogP contribution is 2.27. The van der Waals surface area contributed by atoms with Crippen molar-refractivity contribution in [1.29, 1.82) is 0 Å². The third-order valence-corrected chi connectivity index (χ3v) is 3.59. The summed E-state index contributed by atoms with van der Waals surface area (Å²) in [6.45, 7) is 11.8. The summed E-state index contributed by atoms with van der Waals surface area (Å²) in [6.07, 6.45) is 3.73. The molecule has 1 aromatic heterocycles. The Kier molecular flexibility index (Phi) is 6.59.